The van der Waals surface area contributed by atoms with Crippen molar-refractivity contribution in [2.45, 2.75) is 33.2 Å². The third kappa shape index (κ3) is 2.73. The van der Waals surface area contributed by atoms with Crippen LogP contribution in [0.2, 0.25) is 0 Å². The molecule has 100 valence electrons. The number of hydrogen-bond acceptors (Lipinski definition) is 3. The Labute approximate surface area is 110 Å². The van der Waals surface area contributed by atoms with Crippen molar-refractivity contribution in [2.75, 3.05) is 19.6 Å². The second kappa shape index (κ2) is 5.81. The number of aromatic nitrogens is 1. The Kier molecular flexibility index (Phi) is 4.36. The quantitative estimate of drug-likeness (QED) is 0.888. The molecule has 3 nitrogen and oxygen atoms in total. The molecule has 2 rings (SSSR count). The van der Waals surface area contributed by atoms with Gasteiger partial charge in [0, 0.05) is 31.5 Å². The molecule has 2 unspecified atom stereocenters. The number of nitrogens with two attached hydrogens (primary N) is 1. The van der Waals surface area contributed by atoms with E-state index in [9.17, 15) is 0 Å². The summed E-state index contributed by atoms with van der Waals surface area (Å²) in [4.78, 5) is 6.79. The van der Waals surface area contributed by atoms with Gasteiger partial charge in [0.05, 0.1) is 0 Å². The summed E-state index contributed by atoms with van der Waals surface area (Å²) >= 11 is 0. The van der Waals surface area contributed by atoms with Crippen LogP contribution in [0.4, 0.5) is 0 Å². The standard InChI is InChI=1S/C15H25N3/c1-11(2)13-5-7-18(10-13)15(8-16)14-9-17-6-4-12(14)3/h4,6,9,11,13,15H,5,7-8,10,16H2,1-3H3. The largest absolute Gasteiger partial charge is 0.329 e. The van der Waals surface area contributed by atoms with Crippen molar-refractivity contribution in [1.29, 1.82) is 0 Å². The summed E-state index contributed by atoms with van der Waals surface area (Å²) in [5.41, 5.74) is 8.60. The van der Waals surface area contributed by atoms with Gasteiger partial charge in [-0.15, -0.1) is 0 Å². The molecule has 1 aromatic rings. The van der Waals surface area contributed by atoms with Crippen LogP contribution < -0.4 is 5.73 Å². The molecule has 1 fully saturated rings. The molecular formula is C15H25N3. The molecular weight excluding hydrogens is 222 g/mol. The van der Waals surface area contributed by atoms with E-state index in [0.29, 0.717) is 12.6 Å². The fourth-order valence-corrected chi connectivity index (χ4v) is 2.94. The van der Waals surface area contributed by atoms with E-state index in [-0.39, 0.29) is 0 Å². The van der Waals surface area contributed by atoms with Gasteiger partial charge in [0.15, 0.2) is 0 Å². The highest BCUT2D eigenvalue weighted by Crippen LogP contribution is 2.31. The number of rotatable bonds is 4. The molecule has 1 aromatic heterocycles. The molecule has 18 heavy (non-hydrogen) atoms. The Morgan fingerprint density at radius 1 is 1.50 bits per heavy atom. The first-order valence-corrected chi connectivity index (χ1v) is 6.98. The van der Waals surface area contributed by atoms with E-state index in [2.05, 4.69) is 36.7 Å². The second-order valence-corrected chi connectivity index (χ2v) is 5.77. The number of hydrogen-bond donors (Lipinski definition) is 1. The second-order valence-electron chi connectivity index (χ2n) is 5.77. The average molecular weight is 247 g/mol. The van der Waals surface area contributed by atoms with Crippen molar-refractivity contribution in [1.82, 2.24) is 9.88 Å². The first kappa shape index (κ1) is 13.5. The molecule has 0 saturated carbocycles. The summed E-state index contributed by atoms with van der Waals surface area (Å²) < 4.78 is 0. The molecule has 0 radical (unpaired) electrons. The van der Waals surface area contributed by atoms with E-state index in [0.717, 1.165) is 11.8 Å². The van der Waals surface area contributed by atoms with Crippen LogP contribution in [0.3, 0.4) is 0 Å². The number of nitrogens with zero attached hydrogens (tertiary/aromatic N) is 2. The van der Waals surface area contributed by atoms with Gasteiger partial charge in [0.1, 0.15) is 0 Å². The summed E-state index contributed by atoms with van der Waals surface area (Å²) in [6, 6.07) is 2.41. The molecule has 0 bridgehead atoms. The van der Waals surface area contributed by atoms with Crippen LogP contribution in [-0.2, 0) is 0 Å². The van der Waals surface area contributed by atoms with Gasteiger partial charge in [-0.05, 0) is 48.9 Å². The zero-order chi connectivity index (χ0) is 13.1. The normalized spacial score (nSPS) is 22.6. The minimum atomic E-state index is 0.336. The van der Waals surface area contributed by atoms with Crippen molar-refractivity contribution in [3.63, 3.8) is 0 Å². The third-order valence-electron chi connectivity index (χ3n) is 4.30. The monoisotopic (exact) mass is 247 g/mol. The lowest BCUT2D eigenvalue weighted by Gasteiger charge is -2.28. The first-order chi connectivity index (χ1) is 8.63. The molecule has 1 saturated heterocycles. The Morgan fingerprint density at radius 3 is 2.83 bits per heavy atom. The lowest BCUT2D eigenvalue weighted by molar-refractivity contribution is 0.231. The summed E-state index contributed by atoms with van der Waals surface area (Å²) in [5, 5.41) is 0. The number of likely N-dealkylation sites (tertiary alicyclic amines) is 1. The van der Waals surface area contributed by atoms with Crippen LogP contribution in [0, 0.1) is 18.8 Å². The van der Waals surface area contributed by atoms with Crippen LogP contribution in [-0.4, -0.2) is 29.5 Å². The summed E-state index contributed by atoms with van der Waals surface area (Å²) in [6.07, 6.45) is 5.14. The lowest BCUT2D eigenvalue weighted by Crippen LogP contribution is -2.33. The van der Waals surface area contributed by atoms with Crippen molar-refractivity contribution < 1.29 is 0 Å². The Hall–Kier alpha value is -0.930. The smallest absolute Gasteiger partial charge is 0.0488 e. The highest BCUT2D eigenvalue weighted by Gasteiger charge is 2.30. The maximum atomic E-state index is 6.01. The van der Waals surface area contributed by atoms with Gasteiger partial charge in [-0.1, -0.05) is 13.8 Å². The molecule has 1 aliphatic heterocycles. The maximum Gasteiger partial charge on any atom is 0.0488 e. The van der Waals surface area contributed by atoms with Gasteiger partial charge < -0.3 is 5.73 Å². The first-order valence-electron chi connectivity index (χ1n) is 6.98. The van der Waals surface area contributed by atoms with Crippen LogP contribution in [0.5, 0.6) is 0 Å². The van der Waals surface area contributed by atoms with Crippen LogP contribution in [0.15, 0.2) is 18.5 Å². The van der Waals surface area contributed by atoms with E-state index >= 15 is 0 Å². The van der Waals surface area contributed by atoms with Gasteiger partial charge in [0.2, 0.25) is 0 Å². The van der Waals surface area contributed by atoms with E-state index in [4.69, 9.17) is 5.73 Å². The zero-order valence-corrected chi connectivity index (χ0v) is 11.8. The van der Waals surface area contributed by atoms with E-state index in [1.54, 1.807) is 0 Å². The van der Waals surface area contributed by atoms with Gasteiger partial charge in [-0.3, -0.25) is 9.88 Å². The fraction of sp³-hybridized carbons (Fsp3) is 0.667. The molecule has 0 aromatic carbocycles. The zero-order valence-electron chi connectivity index (χ0n) is 11.8. The SMILES string of the molecule is Cc1ccncc1C(CN)N1CCC(C(C)C)C1. The third-order valence-corrected chi connectivity index (χ3v) is 4.30. The summed E-state index contributed by atoms with van der Waals surface area (Å²) in [7, 11) is 0. The highest BCUT2D eigenvalue weighted by molar-refractivity contribution is 5.25. The van der Waals surface area contributed by atoms with Crippen LogP contribution in [0.25, 0.3) is 0 Å². The van der Waals surface area contributed by atoms with Crippen molar-refractivity contribution >= 4 is 0 Å². The molecule has 0 aliphatic carbocycles. The van der Waals surface area contributed by atoms with Crippen LogP contribution in [0.1, 0.15) is 37.4 Å². The molecule has 2 atom stereocenters. The minimum absolute atomic E-state index is 0.336. The molecule has 2 N–H and O–H groups in total. The van der Waals surface area contributed by atoms with Crippen LogP contribution >= 0.6 is 0 Å². The number of pyridine rings is 1. The van der Waals surface area contributed by atoms with Crippen molar-refractivity contribution in [2.24, 2.45) is 17.6 Å². The van der Waals surface area contributed by atoms with Gasteiger partial charge in [0.25, 0.3) is 0 Å². The van der Waals surface area contributed by atoms with Gasteiger partial charge in [-0.2, -0.15) is 0 Å². The van der Waals surface area contributed by atoms with E-state index in [1.807, 2.05) is 12.4 Å². The predicted octanol–water partition coefficient (Wildman–Crippen LogP) is 2.37. The van der Waals surface area contributed by atoms with Gasteiger partial charge in [-0.25, -0.2) is 0 Å². The van der Waals surface area contributed by atoms with Crippen molar-refractivity contribution in [3.8, 4) is 0 Å². The highest BCUT2D eigenvalue weighted by atomic mass is 15.2. The predicted molar refractivity (Wildman–Crippen MR) is 75.3 cm³/mol. The van der Waals surface area contributed by atoms with E-state index in [1.165, 1.54) is 30.6 Å². The van der Waals surface area contributed by atoms with Gasteiger partial charge >= 0.3 is 0 Å². The molecule has 1 aliphatic rings. The lowest BCUT2D eigenvalue weighted by atomic mass is 9.95. The minimum Gasteiger partial charge on any atom is -0.329 e. The molecule has 2 heterocycles. The average Bonchev–Trinajstić information content (AvgIpc) is 2.82. The molecule has 0 spiro atoms. The topological polar surface area (TPSA) is 42.1 Å². The Balaban J connectivity index is 2.13. The summed E-state index contributed by atoms with van der Waals surface area (Å²) in [6.45, 7) is 9.81. The number of aryl methyl sites for hydroxylation is 1. The fourth-order valence-electron chi connectivity index (χ4n) is 2.94. The Bertz CT molecular complexity index is 389. The van der Waals surface area contributed by atoms with E-state index < -0.39 is 0 Å². The van der Waals surface area contributed by atoms with Crippen molar-refractivity contribution in [3.05, 3.63) is 29.6 Å². The Morgan fingerprint density at radius 2 is 2.28 bits per heavy atom. The molecule has 0 amide bonds. The maximum absolute atomic E-state index is 6.01. The molecule has 3 heteroatoms. The summed E-state index contributed by atoms with van der Waals surface area (Å²) in [5.74, 6) is 1.58.